The summed E-state index contributed by atoms with van der Waals surface area (Å²) in [7, 11) is 0. The molecule has 106 valence electrons. The molecule has 2 aromatic carbocycles. The minimum absolute atomic E-state index is 0.262. The Morgan fingerprint density at radius 3 is 2.20 bits per heavy atom. The molecule has 0 saturated carbocycles. The third-order valence-corrected chi connectivity index (χ3v) is 2.83. The third kappa shape index (κ3) is 3.88. The number of hydrogen-bond donors (Lipinski definition) is 1. The molecular weight excluding hydrogens is 291 g/mol. The lowest BCUT2D eigenvalue weighted by Crippen LogP contribution is -2.16. The predicted octanol–water partition coefficient (Wildman–Crippen LogP) is 4.36. The average Bonchev–Trinajstić information content (AvgIpc) is 2.37. The molecule has 0 bridgehead atoms. The van der Waals surface area contributed by atoms with Gasteiger partial charge in [0.2, 0.25) is 0 Å². The van der Waals surface area contributed by atoms with Gasteiger partial charge in [0.15, 0.2) is 0 Å². The SMILES string of the molecule is NCc1cc(Cl)cc(-c2ccc(OC(F)(F)F)cc2)c1. The van der Waals surface area contributed by atoms with Gasteiger partial charge >= 0.3 is 6.36 Å². The molecule has 0 amide bonds. The van der Waals surface area contributed by atoms with Gasteiger partial charge in [-0.15, -0.1) is 13.2 Å². The van der Waals surface area contributed by atoms with Crippen LogP contribution >= 0.6 is 11.6 Å². The normalized spacial score (nSPS) is 11.4. The Bertz CT molecular complexity index is 596. The highest BCUT2D eigenvalue weighted by atomic mass is 35.5. The quantitative estimate of drug-likeness (QED) is 0.914. The van der Waals surface area contributed by atoms with Crippen LogP contribution in [0.5, 0.6) is 5.75 Å². The van der Waals surface area contributed by atoms with Crippen molar-refractivity contribution >= 4 is 11.6 Å². The molecule has 0 atom stereocenters. The molecular formula is C14H11ClF3NO. The van der Waals surface area contributed by atoms with Gasteiger partial charge in [-0.1, -0.05) is 23.7 Å². The average molecular weight is 302 g/mol. The Morgan fingerprint density at radius 2 is 1.65 bits per heavy atom. The molecule has 2 nitrogen and oxygen atoms in total. The Hall–Kier alpha value is -1.72. The fourth-order valence-electron chi connectivity index (χ4n) is 1.78. The van der Waals surface area contributed by atoms with E-state index < -0.39 is 6.36 Å². The zero-order valence-electron chi connectivity index (χ0n) is 10.2. The summed E-state index contributed by atoms with van der Waals surface area (Å²) in [4.78, 5) is 0. The number of rotatable bonds is 3. The van der Waals surface area contributed by atoms with Gasteiger partial charge in [0.1, 0.15) is 5.75 Å². The highest BCUT2D eigenvalue weighted by molar-refractivity contribution is 6.31. The summed E-state index contributed by atoms with van der Waals surface area (Å²) < 4.78 is 40.0. The molecule has 0 heterocycles. The van der Waals surface area contributed by atoms with E-state index in [9.17, 15) is 13.2 Å². The molecule has 0 radical (unpaired) electrons. The van der Waals surface area contributed by atoms with E-state index in [-0.39, 0.29) is 5.75 Å². The molecule has 2 aromatic rings. The topological polar surface area (TPSA) is 35.2 Å². The van der Waals surface area contributed by atoms with Crippen LogP contribution in [-0.4, -0.2) is 6.36 Å². The predicted molar refractivity (Wildman–Crippen MR) is 71.5 cm³/mol. The zero-order valence-corrected chi connectivity index (χ0v) is 11.0. The Labute approximate surface area is 118 Å². The van der Waals surface area contributed by atoms with Crippen LogP contribution in [0.3, 0.4) is 0 Å². The van der Waals surface area contributed by atoms with Crippen molar-refractivity contribution in [2.24, 2.45) is 5.73 Å². The van der Waals surface area contributed by atoms with Crippen LogP contribution in [0.25, 0.3) is 11.1 Å². The molecule has 0 spiro atoms. The van der Waals surface area contributed by atoms with Gasteiger partial charge in [0, 0.05) is 11.6 Å². The molecule has 0 fully saturated rings. The van der Waals surface area contributed by atoms with Gasteiger partial charge in [-0.2, -0.15) is 0 Å². The van der Waals surface area contributed by atoms with E-state index in [2.05, 4.69) is 4.74 Å². The zero-order chi connectivity index (χ0) is 14.8. The fourth-order valence-corrected chi connectivity index (χ4v) is 2.04. The summed E-state index contributed by atoms with van der Waals surface area (Å²) in [5.74, 6) is -0.262. The second-order valence-electron chi connectivity index (χ2n) is 4.12. The van der Waals surface area contributed by atoms with Crippen molar-refractivity contribution in [1.82, 2.24) is 0 Å². The highest BCUT2D eigenvalue weighted by Crippen LogP contribution is 2.28. The minimum Gasteiger partial charge on any atom is -0.406 e. The molecule has 6 heteroatoms. The van der Waals surface area contributed by atoms with Gasteiger partial charge in [-0.25, -0.2) is 0 Å². The Kier molecular flexibility index (Phi) is 4.20. The standard InChI is InChI=1S/C14H11ClF3NO/c15-12-6-9(8-19)5-11(7-12)10-1-3-13(4-2-10)20-14(16,17)18/h1-7H,8,19H2. The molecule has 0 aliphatic carbocycles. The first kappa shape index (κ1) is 14.7. The molecule has 2 N–H and O–H groups in total. The van der Waals surface area contributed by atoms with Crippen molar-refractivity contribution in [3.8, 4) is 16.9 Å². The number of ether oxygens (including phenoxy) is 1. The first-order valence-corrected chi connectivity index (χ1v) is 6.11. The van der Waals surface area contributed by atoms with E-state index in [4.69, 9.17) is 17.3 Å². The summed E-state index contributed by atoms with van der Waals surface area (Å²) >= 11 is 5.97. The molecule has 0 aliphatic rings. The van der Waals surface area contributed by atoms with E-state index >= 15 is 0 Å². The van der Waals surface area contributed by atoms with E-state index in [1.165, 1.54) is 24.3 Å². The Morgan fingerprint density at radius 1 is 1.00 bits per heavy atom. The molecule has 20 heavy (non-hydrogen) atoms. The van der Waals surface area contributed by atoms with Crippen LogP contribution in [0.15, 0.2) is 42.5 Å². The van der Waals surface area contributed by atoms with Gasteiger partial charge in [0.05, 0.1) is 0 Å². The number of benzene rings is 2. The molecule has 0 aromatic heterocycles. The first-order chi connectivity index (χ1) is 9.37. The molecule has 0 unspecified atom stereocenters. The van der Waals surface area contributed by atoms with Crippen LogP contribution in [0, 0.1) is 0 Å². The van der Waals surface area contributed by atoms with E-state index in [0.29, 0.717) is 11.6 Å². The minimum atomic E-state index is -4.69. The van der Waals surface area contributed by atoms with Crippen LogP contribution in [0.1, 0.15) is 5.56 Å². The second kappa shape index (κ2) is 5.73. The number of alkyl halides is 3. The van der Waals surface area contributed by atoms with Crippen molar-refractivity contribution in [3.63, 3.8) is 0 Å². The smallest absolute Gasteiger partial charge is 0.406 e. The van der Waals surface area contributed by atoms with Crippen molar-refractivity contribution in [2.75, 3.05) is 0 Å². The maximum absolute atomic E-state index is 12.1. The highest BCUT2D eigenvalue weighted by Gasteiger charge is 2.30. The van der Waals surface area contributed by atoms with Crippen LogP contribution in [0.2, 0.25) is 5.02 Å². The fraction of sp³-hybridized carbons (Fsp3) is 0.143. The summed E-state index contributed by atoms with van der Waals surface area (Å²) in [6.07, 6.45) is -4.69. The maximum atomic E-state index is 12.1. The van der Waals surface area contributed by atoms with E-state index in [1.54, 1.807) is 12.1 Å². The summed E-state index contributed by atoms with van der Waals surface area (Å²) in [5.41, 5.74) is 7.93. The molecule has 0 saturated heterocycles. The van der Waals surface area contributed by atoms with Crippen molar-refractivity contribution < 1.29 is 17.9 Å². The second-order valence-corrected chi connectivity index (χ2v) is 4.56. The molecule has 2 rings (SSSR count). The summed E-state index contributed by atoms with van der Waals surface area (Å²) in [6.45, 7) is 0.336. The van der Waals surface area contributed by atoms with Gasteiger partial charge in [-0.05, 0) is 47.0 Å². The largest absolute Gasteiger partial charge is 0.573 e. The summed E-state index contributed by atoms with van der Waals surface area (Å²) in [6, 6.07) is 10.9. The summed E-state index contributed by atoms with van der Waals surface area (Å²) in [5, 5.41) is 0.526. The number of halogens is 4. The van der Waals surface area contributed by atoms with Gasteiger partial charge in [0.25, 0.3) is 0 Å². The van der Waals surface area contributed by atoms with Crippen LogP contribution < -0.4 is 10.5 Å². The number of hydrogen-bond acceptors (Lipinski definition) is 2. The molecule has 0 aliphatic heterocycles. The van der Waals surface area contributed by atoms with Crippen LogP contribution in [-0.2, 0) is 6.54 Å². The van der Waals surface area contributed by atoms with Crippen molar-refractivity contribution in [2.45, 2.75) is 12.9 Å². The lowest BCUT2D eigenvalue weighted by atomic mass is 10.0. The lowest BCUT2D eigenvalue weighted by molar-refractivity contribution is -0.274. The van der Waals surface area contributed by atoms with Gasteiger partial charge < -0.3 is 10.5 Å². The maximum Gasteiger partial charge on any atom is 0.573 e. The first-order valence-electron chi connectivity index (χ1n) is 5.73. The number of nitrogens with two attached hydrogens (primary N) is 1. The lowest BCUT2D eigenvalue weighted by Gasteiger charge is -2.10. The Balaban J connectivity index is 2.28. The van der Waals surface area contributed by atoms with Crippen molar-refractivity contribution in [3.05, 3.63) is 53.1 Å². The van der Waals surface area contributed by atoms with Gasteiger partial charge in [-0.3, -0.25) is 0 Å². The monoisotopic (exact) mass is 301 g/mol. The van der Waals surface area contributed by atoms with E-state index in [1.807, 2.05) is 6.07 Å². The van der Waals surface area contributed by atoms with Crippen molar-refractivity contribution in [1.29, 1.82) is 0 Å². The van der Waals surface area contributed by atoms with Crippen LogP contribution in [0.4, 0.5) is 13.2 Å². The van der Waals surface area contributed by atoms with E-state index in [0.717, 1.165) is 16.7 Å². The third-order valence-electron chi connectivity index (χ3n) is 2.61.